The highest BCUT2D eigenvalue weighted by molar-refractivity contribution is 6.67. The molecule has 1 rings (SSSR count). The summed E-state index contributed by atoms with van der Waals surface area (Å²) in [6, 6.07) is 0. The molecule has 0 heterocycles. The van der Waals surface area contributed by atoms with Crippen LogP contribution in [0.2, 0.25) is 0 Å². The molecule has 1 aliphatic rings. The average molecular weight is 193 g/mol. The molecule has 0 aliphatic heterocycles. The van der Waals surface area contributed by atoms with Crippen molar-refractivity contribution in [1.82, 2.24) is 0 Å². The molecule has 1 aliphatic carbocycles. The number of allylic oxidation sites excluding steroid dienone is 1. The Bertz CT molecular complexity index is 215. The summed E-state index contributed by atoms with van der Waals surface area (Å²) in [6.45, 7) is 0. The van der Waals surface area contributed by atoms with Crippen LogP contribution in [0.15, 0.2) is 11.6 Å². The van der Waals surface area contributed by atoms with Gasteiger partial charge in [-0.25, -0.2) is 4.39 Å². The number of ether oxygens (including phenoxy) is 1. The van der Waals surface area contributed by atoms with Gasteiger partial charge in [0.1, 0.15) is 6.17 Å². The first-order chi connectivity index (χ1) is 5.63. The van der Waals surface area contributed by atoms with E-state index in [1.807, 2.05) is 0 Å². The number of methoxy groups -OCH3 is 1. The van der Waals surface area contributed by atoms with Gasteiger partial charge in [-0.3, -0.25) is 4.79 Å². The van der Waals surface area contributed by atoms with E-state index >= 15 is 0 Å². The molecular weight excluding hydrogens is 183 g/mol. The monoisotopic (exact) mass is 192 g/mol. The van der Waals surface area contributed by atoms with Gasteiger partial charge in [-0.05, 0) is 17.7 Å². The van der Waals surface area contributed by atoms with Crippen molar-refractivity contribution in [1.29, 1.82) is 0 Å². The fourth-order valence-electron chi connectivity index (χ4n) is 1.24. The Hall–Kier alpha value is -0.410. The smallest absolute Gasteiger partial charge is 0.248 e. The minimum Gasteiger partial charge on any atom is -0.377 e. The minimum absolute atomic E-state index is 0.113. The number of halogens is 2. The van der Waals surface area contributed by atoms with E-state index in [-0.39, 0.29) is 12.5 Å². The SMILES string of the molecule is COC1C=C(C(=O)Cl)CC(F)C1. The van der Waals surface area contributed by atoms with Gasteiger partial charge in [0.15, 0.2) is 0 Å². The zero-order valence-corrected chi connectivity index (χ0v) is 7.47. The molecule has 2 atom stereocenters. The molecule has 0 N–H and O–H groups in total. The summed E-state index contributed by atoms with van der Waals surface area (Å²) >= 11 is 5.21. The van der Waals surface area contributed by atoms with Crippen LogP contribution in [0, 0.1) is 0 Å². The first kappa shape index (κ1) is 9.68. The second-order valence-corrected chi connectivity index (χ2v) is 3.12. The van der Waals surface area contributed by atoms with E-state index in [4.69, 9.17) is 16.3 Å². The van der Waals surface area contributed by atoms with Crippen molar-refractivity contribution in [3.05, 3.63) is 11.6 Å². The molecule has 0 fully saturated rings. The summed E-state index contributed by atoms with van der Waals surface area (Å²) in [5.41, 5.74) is 0.322. The molecule has 12 heavy (non-hydrogen) atoms. The Morgan fingerprint density at radius 2 is 2.50 bits per heavy atom. The van der Waals surface area contributed by atoms with Gasteiger partial charge in [0, 0.05) is 25.5 Å². The van der Waals surface area contributed by atoms with E-state index < -0.39 is 11.4 Å². The normalized spacial score (nSPS) is 29.8. The molecule has 0 aromatic heterocycles. The molecule has 0 saturated heterocycles. The lowest BCUT2D eigenvalue weighted by Gasteiger charge is -2.20. The highest BCUT2D eigenvalue weighted by Crippen LogP contribution is 2.24. The lowest BCUT2D eigenvalue weighted by atomic mass is 9.96. The predicted molar refractivity (Wildman–Crippen MR) is 43.9 cm³/mol. The Morgan fingerprint density at radius 1 is 1.83 bits per heavy atom. The second kappa shape index (κ2) is 4.01. The molecule has 0 aromatic rings. The molecule has 2 nitrogen and oxygen atoms in total. The van der Waals surface area contributed by atoms with Crippen molar-refractivity contribution < 1.29 is 13.9 Å². The fourth-order valence-corrected chi connectivity index (χ4v) is 1.38. The van der Waals surface area contributed by atoms with E-state index in [2.05, 4.69) is 0 Å². The van der Waals surface area contributed by atoms with Gasteiger partial charge >= 0.3 is 0 Å². The third-order valence-corrected chi connectivity index (χ3v) is 2.11. The van der Waals surface area contributed by atoms with Crippen LogP contribution in [0.5, 0.6) is 0 Å². The van der Waals surface area contributed by atoms with Gasteiger partial charge in [0.2, 0.25) is 5.24 Å². The van der Waals surface area contributed by atoms with E-state index in [0.717, 1.165) is 0 Å². The summed E-state index contributed by atoms with van der Waals surface area (Å²) in [5.74, 6) is 0. The van der Waals surface area contributed by atoms with Crippen molar-refractivity contribution in [3.8, 4) is 0 Å². The molecule has 0 radical (unpaired) electrons. The van der Waals surface area contributed by atoms with E-state index in [1.165, 1.54) is 7.11 Å². The van der Waals surface area contributed by atoms with Crippen LogP contribution in [-0.4, -0.2) is 24.6 Å². The van der Waals surface area contributed by atoms with Crippen molar-refractivity contribution in [2.75, 3.05) is 7.11 Å². The van der Waals surface area contributed by atoms with Gasteiger partial charge in [0.05, 0.1) is 6.10 Å². The first-order valence-corrected chi connectivity index (χ1v) is 4.08. The van der Waals surface area contributed by atoms with Crippen LogP contribution in [0.4, 0.5) is 4.39 Å². The molecule has 0 aromatic carbocycles. The van der Waals surface area contributed by atoms with Crippen molar-refractivity contribution in [2.45, 2.75) is 25.1 Å². The standard InChI is InChI=1S/C8H10ClFO2/c1-12-7-3-5(8(9)11)2-6(10)4-7/h3,6-7H,2,4H2,1H3. The number of hydrogen-bond acceptors (Lipinski definition) is 2. The summed E-state index contributed by atoms with van der Waals surface area (Å²) in [6.07, 6.45) is 0.682. The Labute approximate surface area is 75.3 Å². The molecule has 0 bridgehead atoms. The van der Waals surface area contributed by atoms with Gasteiger partial charge in [0.25, 0.3) is 0 Å². The van der Waals surface area contributed by atoms with Gasteiger partial charge in [-0.1, -0.05) is 0 Å². The van der Waals surface area contributed by atoms with E-state index in [1.54, 1.807) is 6.08 Å². The van der Waals surface area contributed by atoms with Crippen LogP contribution in [0.3, 0.4) is 0 Å². The van der Waals surface area contributed by atoms with Crippen molar-refractivity contribution in [2.24, 2.45) is 0 Å². The maximum absolute atomic E-state index is 12.9. The van der Waals surface area contributed by atoms with Crippen LogP contribution < -0.4 is 0 Å². The van der Waals surface area contributed by atoms with Crippen LogP contribution >= 0.6 is 11.6 Å². The second-order valence-electron chi connectivity index (χ2n) is 2.78. The highest BCUT2D eigenvalue weighted by Gasteiger charge is 2.24. The highest BCUT2D eigenvalue weighted by atomic mass is 35.5. The van der Waals surface area contributed by atoms with Crippen LogP contribution in [-0.2, 0) is 9.53 Å². The average Bonchev–Trinajstić information content (AvgIpc) is 2.03. The summed E-state index contributed by atoms with van der Waals surface area (Å²) in [5, 5.41) is -0.584. The molecule has 2 unspecified atom stereocenters. The molecule has 0 spiro atoms. The van der Waals surface area contributed by atoms with Crippen molar-refractivity contribution >= 4 is 16.8 Å². The topological polar surface area (TPSA) is 26.3 Å². The number of carbonyl (C=O) groups excluding carboxylic acids is 1. The number of carbonyl (C=O) groups is 1. The van der Waals surface area contributed by atoms with Gasteiger partial charge in [-0.15, -0.1) is 0 Å². The first-order valence-electron chi connectivity index (χ1n) is 3.71. The predicted octanol–water partition coefficient (Wildman–Crippen LogP) is 1.83. The van der Waals surface area contributed by atoms with Gasteiger partial charge in [-0.2, -0.15) is 0 Å². The molecule has 4 heteroatoms. The molecular formula is C8H10ClFO2. The third kappa shape index (κ3) is 2.29. The van der Waals surface area contributed by atoms with Crippen LogP contribution in [0.25, 0.3) is 0 Å². The largest absolute Gasteiger partial charge is 0.377 e. The maximum atomic E-state index is 12.9. The summed E-state index contributed by atoms with van der Waals surface area (Å²) in [7, 11) is 1.48. The lowest BCUT2D eigenvalue weighted by molar-refractivity contribution is -0.109. The Kier molecular flexibility index (Phi) is 3.23. The zero-order valence-electron chi connectivity index (χ0n) is 6.72. The number of rotatable bonds is 2. The Morgan fingerprint density at radius 3 is 3.00 bits per heavy atom. The molecule has 0 amide bonds. The minimum atomic E-state index is -1.02. The van der Waals surface area contributed by atoms with Crippen molar-refractivity contribution in [3.63, 3.8) is 0 Å². The number of hydrogen-bond donors (Lipinski definition) is 0. The zero-order chi connectivity index (χ0) is 9.14. The Balaban J connectivity index is 2.72. The lowest BCUT2D eigenvalue weighted by Crippen LogP contribution is -2.22. The van der Waals surface area contributed by atoms with E-state index in [9.17, 15) is 9.18 Å². The third-order valence-electron chi connectivity index (χ3n) is 1.87. The number of alkyl halides is 1. The molecule has 0 saturated carbocycles. The molecule has 68 valence electrons. The maximum Gasteiger partial charge on any atom is 0.248 e. The van der Waals surface area contributed by atoms with Crippen LogP contribution in [0.1, 0.15) is 12.8 Å². The summed E-state index contributed by atoms with van der Waals surface area (Å²) < 4.78 is 17.8. The fraction of sp³-hybridized carbons (Fsp3) is 0.625. The van der Waals surface area contributed by atoms with Gasteiger partial charge < -0.3 is 4.74 Å². The quantitative estimate of drug-likeness (QED) is 0.624. The van der Waals surface area contributed by atoms with E-state index in [0.29, 0.717) is 12.0 Å². The summed E-state index contributed by atoms with van der Waals surface area (Å²) in [4.78, 5) is 10.7.